The summed E-state index contributed by atoms with van der Waals surface area (Å²) in [6, 6.07) is 15.1. The minimum Gasteiger partial charge on any atom is -0.322 e. The van der Waals surface area contributed by atoms with Crippen molar-refractivity contribution in [1.29, 1.82) is 0 Å². The topological polar surface area (TPSA) is 70.7 Å². The zero-order valence-corrected chi connectivity index (χ0v) is 12.7. The van der Waals surface area contributed by atoms with Crippen molar-refractivity contribution < 1.29 is 4.79 Å². The van der Waals surface area contributed by atoms with E-state index in [1.54, 1.807) is 0 Å². The molecule has 0 unspecified atom stereocenters. The quantitative estimate of drug-likeness (QED) is 0.773. The van der Waals surface area contributed by atoms with Gasteiger partial charge in [0.15, 0.2) is 5.16 Å². The van der Waals surface area contributed by atoms with E-state index in [1.165, 1.54) is 18.1 Å². The molecule has 1 heterocycles. The van der Waals surface area contributed by atoms with E-state index in [9.17, 15) is 4.79 Å². The first-order chi connectivity index (χ1) is 10.7. The summed E-state index contributed by atoms with van der Waals surface area (Å²) in [6.45, 7) is 1.92. The van der Waals surface area contributed by atoms with E-state index in [1.807, 2.05) is 55.5 Å². The molecule has 0 fully saturated rings. The van der Waals surface area contributed by atoms with Crippen molar-refractivity contribution in [1.82, 2.24) is 15.2 Å². The van der Waals surface area contributed by atoms with Gasteiger partial charge in [-0.15, -0.1) is 0 Å². The van der Waals surface area contributed by atoms with Crippen LogP contribution in [-0.4, -0.2) is 21.1 Å². The van der Waals surface area contributed by atoms with E-state index in [2.05, 4.69) is 20.5 Å². The molecule has 6 heteroatoms. The number of carbonyl (C=O) groups excluding carboxylic acids is 1. The number of benzene rings is 2. The lowest BCUT2D eigenvalue weighted by molar-refractivity contribution is 0.102. The molecule has 2 N–H and O–H groups in total. The maximum atomic E-state index is 12.2. The summed E-state index contributed by atoms with van der Waals surface area (Å²) in [4.78, 5) is 17.3. The van der Waals surface area contributed by atoms with E-state index in [0.29, 0.717) is 5.56 Å². The number of nitrogens with one attached hydrogen (secondary N) is 2. The van der Waals surface area contributed by atoms with E-state index >= 15 is 0 Å². The Morgan fingerprint density at radius 1 is 1.14 bits per heavy atom. The van der Waals surface area contributed by atoms with Crippen LogP contribution in [0.5, 0.6) is 0 Å². The van der Waals surface area contributed by atoms with Crippen LogP contribution in [0.4, 0.5) is 5.69 Å². The molecular weight excluding hydrogens is 296 g/mol. The molecule has 0 aliphatic rings. The normalized spacial score (nSPS) is 10.4. The SMILES string of the molecule is Cc1ccccc1C(=O)Nc1ccc(Sc2ncn[nH]2)cc1. The molecule has 5 nitrogen and oxygen atoms in total. The molecule has 0 aliphatic carbocycles. The van der Waals surface area contributed by atoms with Crippen molar-refractivity contribution in [2.24, 2.45) is 0 Å². The molecule has 0 bridgehead atoms. The number of hydrogen-bond donors (Lipinski definition) is 2. The molecule has 0 spiro atoms. The third kappa shape index (κ3) is 3.35. The number of aryl methyl sites for hydroxylation is 1. The second-order valence-electron chi connectivity index (χ2n) is 4.69. The van der Waals surface area contributed by atoms with Gasteiger partial charge in [0.1, 0.15) is 6.33 Å². The van der Waals surface area contributed by atoms with Crippen molar-refractivity contribution in [3.05, 3.63) is 66.0 Å². The second-order valence-corrected chi connectivity index (χ2v) is 5.75. The van der Waals surface area contributed by atoms with Crippen molar-refractivity contribution in [2.75, 3.05) is 5.32 Å². The third-order valence-corrected chi connectivity index (χ3v) is 4.01. The first kappa shape index (κ1) is 14.3. The fourth-order valence-electron chi connectivity index (χ4n) is 1.99. The van der Waals surface area contributed by atoms with Gasteiger partial charge in [-0.25, -0.2) is 4.98 Å². The number of carbonyl (C=O) groups is 1. The zero-order chi connectivity index (χ0) is 15.4. The molecule has 2 aromatic carbocycles. The summed E-state index contributed by atoms with van der Waals surface area (Å²) in [7, 11) is 0. The average molecular weight is 310 g/mol. The van der Waals surface area contributed by atoms with Crippen LogP contribution in [0.1, 0.15) is 15.9 Å². The van der Waals surface area contributed by atoms with Gasteiger partial charge >= 0.3 is 0 Å². The maximum Gasteiger partial charge on any atom is 0.255 e. The number of nitrogens with zero attached hydrogens (tertiary/aromatic N) is 2. The molecule has 1 amide bonds. The van der Waals surface area contributed by atoms with E-state index in [0.717, 1.165) is 21.3 Å². The van der Waals surface area contributed by atoms with Gasteiger partial charge in [0, 0.05) is 16.1 Å². The minimum atomic E-state index is -0.103. The molecule has 1 aromatic heterocycles. The molecule has 0 radical (unpaired) electrons. The Morgan fingerprint density at radius 2 is 1.91 bits per heavy atom. The Morgan fingerprint density at radius 3 is 2.59 bits per heavy atom. The lowest BCUT2D eigenvalue weighted by atomic mass is 10.1. The largest absolute Gasteiger partial charge is 0.322 e. The zero-order valence-electron chi connectivity index (χ0n) is 11.9. The van der Waals surface area contributed by atoms with Crippen molar-refractivity contribution in [3.63, 3.8) is 0 Å². The van der Waals surface area contributed by atoms with Crippen molar-refractivity contribution in [2.45, 2.75) is 17.0 Å². The molecule has 3 rings (SSSR count). The smallest absolute Gasteiger partial charge is 0.255 e. The highest BCUT2D eigenvalue weighted by Gasteiger charge is 2.08. The summed E-state index contributed by atoms with van der Waals surface area (Å²) in [5.74, 6) is -0.103. The Bertz CT molecular complexity index is 769. The monoisotopic (exact) mass is 310 g/mol. The number of aromatic nitrogens is 3. The summed E-state index contributed by atoms with van der Waals surface area (Å²) in [6.07, 6.45) is 1.47. The van der Waals surface area contributed by atoms with Crippen LogP contribution in [0, 0.1) is 6.92 Å². The number of H-pyrrole nitrogens is 1. The Balaban J connectivity index is 1.68. The third-order valence-electron chi connectivity index (χ3n) is 3.11. The van der Waals surface area contributed by atoms with Crippen LogP contribution in [0.25, 0.3) is 0 Å². The highest BCUT2D eigenvalue weighted by Crippen LogP contribution is 2.25. The van der Waals surface area contributed by atoms with E-state index in [-0.39, 0.29) is 5.91 Å². The lowest BCUT2D eigenvalue weighted by Crippen LogP contribution is -2.13. The van der Waals surface area contributed by atoms with Gasteiger partial charge < -0.3 is 5.32 Å². The fourth-order valence-corrected chi connectivity index (χ4v) is 2.68. The van der Waals surface area contributed by atoms with Gasteiger partial charge in [-0.1, -0.05) is 30.0 Å². The van der Waals surface area contributed by atoms with Gasteiger partial charge in [-0.05, 0) is 42.8 Å². The highest BCUT2D eigenvalue weighted by atomic mass is 32.2. The summed E-state index contributed by atoms with van der Waals surface area (Å²) >= 11 is 1.48. The molecule has 3 aromatic rings. The molecule has 0 aliphatic heterocycles. The number of hydrogen-bond acceptors (Lipinski definition) is 4. The first-order valence-corrected chi connectivity index (χ1v) is 7.54. The van der Waals surface area contributed by atoms with Gasteiger partial charge in [0.25, 0.3) is 5.91 Å². The number of amides is 1. The van der Waals surface area contributed by atoms with Gasteiger partial charge in [0.2, 0.25) is 0 Å². The standard InChI is InChI=1S/C16H14N4OS/c1-11-4-2-3-5-14(11)15(21)19-12-6-8-13(9-7-12)22-16-17-10-18-20-16/h2-10H,1H3,(H,19,21)(H,17,18,20). The van der Waals surface area contributed by atoms with Gasteiger partial charge in [-0.2, -0.15) is 5.10 Å². The predicted octanol–water partition coefficient (Wildman–Crippen LogP) is 3.52. The van der Waals surface area contributed by atoms with Crippen LogP contribution in [0.15, 0.2) is 64.9 Å². The summed E-state index contributed by atoms with van der Waals surface area (Å²) in [5.41, 5.74) is 2.40. The summed E-state index contributed by atoms with van der Waals surface area (Å²) < 4.78 is 0. The number of rotatable bonds is 4. The molecule has 22 heavy (non-hydrogen) atoms. The van der Waals surface area contributed by atoms with E-state index in [4.69, 9.17) is 0 Å². The Hall–Kier alpha value is -2.60. The van der Waals surface area contributed by atoms with Gasteiger partial charge in [-0.3, -0.25) is 9.89 Å². The minimum absolute atomic E-state index is 0.103. The Labute approximate surface area is 132 Å². The highest BCUT2D eigenvalue weighted by molar-refractivity contribution is 7.99. The van der Waals surface area contributed by atoms with Crippen LogP contribution >= 0.6 is 11.8 Å². The molecule has 0 atom stereocenters. The summed E-state index contributed by atoms with van der Waals surface area (Å²) in [5, 5.41) is 10.2. The lowest BCUT2D eigenvalue weighted by Gasteiger charge is -2.08. The molecule has 110 valence electrons. The maximum absolute atomic E-state index is 12.2. The number of aromatic amines is 1. The number of anilines is 1. The van der Waals surface area contributed by atoms with Crippen LogP contribution in [0.2, 0.25) is 0 Å². The van der Waals surface area contributed by atoms with Crippen molar-refractivity contribution >= 4 is 23.4 Å². The molecule has 0 saturated heterocycles. The average Bonchev–Trinajstić information content (AvgIpc) is 3.02. The van der Waals surface area contributed by atoms with Crippen molar-refractivity contribution in [3.8, 4) is 0 Å². The second kappa shape index (κ2) is 6.44. The van der Waals surface area contributed by atoms with Crippen LogP contribution in [-0.2, 0) is 0 Å². The first-order valence-electron chi connectivity index (χ1n) is 6.72. The fraction of sp³-hybridized carbons (Fsp3) is 0.0625. The Kier molecular flexibility index (Phi) is 4.20. The van der Waals surface area contributed by atoms with Gasteiger partial charge in [0.05, 0.1) is 0 Å². The molecule has 0 saturated carbocycles. The predicted molar refractivity (Wildman–Crippen MR) is 86.1 cm³/mol. The van der Waals surface area contributed by atoms with Crippen LogP contribution < -0.4 is 5.32 Å². The van der Waals surface area contributed by atoms with E-state index < -0.39 is 0 Å². The molecular formula is C16H14N4OS. The van der Waals surface area contributed by atoms with Crippen LogP contribution in [0.3, 0.4) is 0 Å².